The van der Waals surface area contributed by atoms with Gasteiger partial charge in [-0.1, -0.05) is 11.8 Å². The third kappa shape index (κ3) is 6.41. The summed E-state index contributed by atoms with van der Waals surface area (Å²) in [7, 11) is 0. The van der Waals surface area contributed by atoms with Gasteiger partial charge in [0, 0.05) is 6.07 Å². The SMILES string of the molecule is OCC#Cc1ccc(F)cc1OCCOCC(F)(F)F. The minimum atomic E-state index is -4.39. The van der Waals surface area contributed by atoms with Gasteiger partial charge >= 0.3 is 6.18 Å². The zero-order chi connectivity index (χ0) is 15.0. The lowest BCUT2D eigenvalue weighted by molar-refractivity contribution is -0.175. The number of ether oxygens (including phenoxy) is 2. The molecule has 0 heterocycles. The average Bonchev–Trinajstić information content (AvgIpc) is 2.36. The summed E-state index contributed by atoms with van der Waals surface area (Å²) in [6, 6.07) is 3.57. The van der Waals surface area contributed by atoms with Crippen molar-refractivity contribution in [2.45, 2.75) is 6.18 Å². The van der Waals surface area contributed by atoms with Crippen LogP contribution in [-0.2, 0) is 4.74 Å². The van der Waals surface area contributed by atoms with Crippen molar-refractivity contribution in [2.24, 2.45) is 0 Å². The first-order valence-corrected chi connectivity index (χ1v) is 5.59. The summed E-state index contributed by atoms with van der Waals surface area (Å²) < 4.78 is 57.9. The third-order valence-electron chi connectivity index (χ3n) is 2.00. The maximum absolute atomic E-state index is 13.0. The van der Waals surface area contributed by atoms with Gasteiger partial charge in [0.15, 0.2) is 0 Å². The quantitative estimate of drug-likeness (QED) is 0.513. The zero-order valence-corrected chi connectivity index (χ0v) is 10.3. The van der Waals surface area contributed by atoms with Crippen molar-refractivity contribution < 1.29 is 32.1 Å². The predicted octanol–water partition coefficient (Wildman–Crippen LogP) is 2.13. The lowest BCUT2D eigenvalue weighted by Crippen LogP contribution is -2.19. The van der Waals surface area contributed by atoms with Gasteiger partial charge in [-0.2, -0.15) is 13.2 Å². The molecule has 1 rings (SSSR count). The second kappa shape index (κ2) is 7.72. The fourth-order valence-electron chi connectivity index (χ4n) is 1.25. The van der Waals surface area contributed by atoms with Crippen LogP contribution >= 0.6 is 0 Å². The maximum Gasteiger partial charge on any atom is 0.411 e. The number of aliphatic hydroxyl groups is 1. The molecule has 1 aromatic rings. The number of hydrogen-bond donors (Lipinski definition) is 1. The number of benzene rings is 1. The van der Waals surface area contributed by atoms with Crippen molar-refractivity contribution in [3.63, 3.8) is 0 Å². The molecule has 0 fully saturated rings. The van der Waals surface area contributed by atoms with E-state index in [-0.39, 0.29) is 25.6 Å². The molecule has 1 N–H and O–H groups in total. The molecular formula is C13H12F4O3. The van der Waals surface area contributed by atoms with Gasteiger partial charge in [-0.25, -0.2) is 4.39 Å². The molecule has 3 nitrogen and oxygen atoms in total. The highest BCUT2D eigenvalue weighted by Gasteiger charge is 2.27. The summed E-state index contributed by atoms with van der Waals surface area (Å²) in [5.74, 6) is 4.43. The van der Waals surface area contributed by atoms with Gasteiger partial charge in [0.25, 0.3) is 0 Å². The molecule has 7 heteroatoms. The van der Waals surface area contributed by atoms with Crippen LogP contribution in [0.25, 0.3) is 0 Å². The van der Waals surface area contributed by atoms with Gasteiger partial charge in [0.05, 0.1) is 12.2 Å². The molecule has 110 valence electrons. The van der Waals surface area contributed by atoms with E-state index in [1.807, 2.05) is 0 Å². The second-order valence-electron chi connectivity index (χ2n) is 3.62. The van der Waals surface area contributed by atoms with Crippen LogP contribution < -0.4 is 4.74 Å². The fraction of sp³-hybridized carbons (Fsp3) is 0.385. The van der Waals surface area contributed by atoms with Crippen molar-refractivity contribution in [2.75, 3.05) is 26.4 Å². The Morgan fingerprint density at radius 3 is 2.60 bits per heavy atom. The normalized spacial score (nSPS) is 10.8. The topological polar surface area (TPSA) is 38.7 Å². The van der Waals surface area contributed by atoms with E-state index < -0.39 is 18.6 Å². The van der Waals surface area contributed by atoms with Crippen LogP contribution in [0.3, 0.4) is 0 Å². The van der Waals surface area contributed by atoms with E-state index in [2.05, 4.69) is 16.6 Å². The van der Waals surface area contributed by atoms with Gasteiger partial charge in [-0.3, -0.25) is 0 Å². The van der Waals surface area contributed by atoms with E-state index in [0.717, 1.165) is 12.1 Å². The van der Waals surface area contributed by atoms with Gasteiger partial charge in [-0.15, -0.1) is 0 Å². The fourth-order valence-corrected chi connectivity index (χ4v) is 1.25. The van der Waals surface area contributed by atoms with Crippen molar-refractivity contribution in [3.8, 4) is 17.6 Å². The Labute approximate surface area is 113 Å². The van der Waals surface area contributed by atoms with Gasteiger partial charge in [0.1, 0.15) is 31.4 Å². The Balaban J connectivity index is 2.52. The Kier molecular flexibility index (Phi) is 6.28. The van der Waals surface area contributed by atoms with Crippen molar-refractivity contribution >= 4 is 0 Å². The first-order valence-electron chi connectivity index (χ1n) is 5.59. The van der Waals surface area contributed by atoms with E-state index >= 15 is 0 Å². The van der Waals surface area contributed by atoms with Crippen molar-refractivity contribution in [3.05, 3.63) is 29.6 Å². The average molecular weight is 292 g/mol. The summed E-state index contributed by atoms with van der Waals surface area (Å²) in [6.07, 6.45) is -4.39. The molecular weight excluding hydrogens is 280 g/mol. The summed E-state index contributed by atoms with van der Waals surface area (Å²) in [5, 5.41) is 8.58. The molecule has 0 saturated heterocycles. The van der Waals surface area contributed by atoms with Crippen LogP contribution in [0.1, 0.15) is 5.56 Å². The molecule has 1 aromatic carbocycles. The third-order valence-corrected chi connectivity index (χ3v) is 2.00. The van der Waals surface area contributed by atoms with Crippen LogP contribution in [0.4, 0.5) is 17.6 Å². The van der Waals surface area contributed by atoms with E-state index in [9.17, 15) is 17.6 Å². The Morgan fingerprint density at radius 1 is 1.20 bits per heavy atom. The van der Waals surface area contributed by atoms with Crippen LogP contribution in [0.15, 0.2) is 18.2 Å². The number of alkyl halides is 3. The van der Waals surface area contributed by atoms with E-state index in [1.165, 1.54) is 6.07 Å². The van der Waals surface area contributed by atoms with Gasteiger partial charge in [-0.05, 0) is 12.1 Å². The molecule has 0 amide bonds. The lowest BCUT2D eigenvalue weighted by Gasteiger charge is -2.10. The number of hydrogen-bond acceptors (Lipinski definition) is 3. The van der Waals surface area contributed by atoms with Crippen LogP contribution in [0.2, 0.25) is 0 Å². The molecule has 0 radical (unpaired) electrons. The van der Waals surface area contributed by atoms with E-state index in [0.29, 0.717) is 5.56 Å². The summed E-state index contributed by atoms with van der Waals surface area (Å²) in [5.41, 5.74) is 0.330. The van der Waals surface area contributed by atoms with Crippen molar-refractivity contribution in [1.82, 2.24) is 0 Å². The molecule has 20 heavy (non-hydrogen) atoms. The van der Waals surface area contributed by atoms with Crippen LogP contribution in [0, 0.1) is 17.7 Å². The largest absolute Gasteiger partial charge is 0.490 e. The smallest absolute Gasteiger partial charge is 0.411 e. The zero-order valence-electron chi connectivity index (χ0n) is 10.3. The molecule has 0 aliphatic rings. The van der Waals surface area contributed by atoms with Gasteiger partial charge < -0.3 is 14.6 Å². The summed E-state index contributed by atoms with van der Waals surface area (Å²) >= 11 is 0. The number of halogens is 4. The Bertz CT molecular complexity index is 489. The molecule has 0 bridgehead atoms. The molecule has 0 aliphatic heterocycles. The molecule has 0 aromatic heterocycles. The van der Waals surface area contributed by atoms with Crippen molar-refractivity contribution in [1.29, 1.82) is 0 Å². The van der Waals surface area contributed by atoms with E-state index in [4.69, 9.17) is 9.84 Å². The van der Waals surface area contributed by atoms with E-state index in [1.54, 1.807) is 0 Å². The Morgan fingerprint density at radius 2 is 1.95 bits per heavy atom. The second-order valence-corrected chi connectivity index (χ2v) is 3.62. The molecule has 0 spiro atoms. The highest BCUT2D eigenvalue weighted by molar-refractivity contribution is 5.46. The molecule has 0 aliphatic carbocycles. The summed E-state index contributed by atoms with van der Waals surface area (Å²) in [6.45, 7) is -2.20. The molecule has 0 unspecified atom stereocenters. The maximum atomic E-state index is 13.0. The van der Waals surface area contributed by atoms with Gasteiger partial charge in [0.2, 0.25) is 0 Å². The van der Waals surface area contributed by atoms with Crippen LogP contribution in [-0.4, -0.2) is 37.7 Å². The monoisotopic (exact) mass is 292 g/mol. The summed E-state index contributed by atoms with van der Waals surface area (Å²) in [4.78, 5) is 0. The molecule has 0 atom stereocenters. The Hall–Kier alpha value is -1.78. The standard InChI is InChI=1S/C13H12F4O3/c14-11-4-3-10(2-1-5-18)12(8-11)20-7-6-19-9-13(15,16)17/h3-4,8,18H,5-7,9H2. The predicted molar refractivity (Wildman–Crippen MR) is 62.7 cm³/mol. The number of aliphatic hydroxyl groups excluding tert-OH is 1. The minimum absolute atomic E-state index is 0.0848. The molecule has 0 saturated carbocycles. The number of rotatable bonds is 5. The highest BCUT2D eigenvalue weighted by atomic mass is 19.4. The lowest BCUT2D eigenvalue weighted by atomic mass is 10.2. The van der Waals surface area contributed by atoms with Crippen LogP contribution in [0.5, 0.6) is 5.75 Å². The highest BCUT2D eigenvalue weighted by Crippen LogP contribution is 2.19. The first kappa shape index (κ1) is 16.3. The first-order chi connectivity index (χ1) is 9.42. The minimum Gasteiger partial charge on any atom is -0.490 e.